The molecule has 5 rings (SSSR count). The third-order valence-electron chi connectivity index (χ3n) is 5.67. The lowest BCUT2D eigenvalue weighted by atomic mass is 10.0. The van der Waals surface area contributed by atoms with Crippen molar-refractivity contribution in [1.29, 1.82) is 0 Å². The number of rotatable bonds is 4. The zero-order chi connectivity index (χ0) is 28.8. The highest BCUT2D eigenvalue weighted by Crippen LogP contribution is 2.38. The van der Waals surface area contributed by atoms with E-state index in [4.69, 9.17) is 0 Å². The number of alkyl halides is 2. The summed E-state index contributed by atoms with van der Waals surface area (Å²) in [6.45, 7) is 1.94. The van der Waals surface area contributed by atoms with Gasteiger partial charge in [-0.15, -0.1) is 11.3 Å². The van der Waals surface area contributed by atoms with Gasteiger partial charge in [-0.3, -0.25) is 0 Å². The highest BCUT2D eigenvalue weighted by molar-refractivity contribution is 7.19. The lowest BCUT2D eigenvalue weighted by Crippen LogP contribution is -2.25. The summed E-state index contributed by atoms with van der Waals surface area (Å²) < 4.78 is 118. The first-order chi connectivity index (χ1) is 18.9. The number of aryl methyl sites for hydroxylation is 1. The average molecular weight is 575 g/mol. The topological polar surface area (TPSA) is 22.1 Å². The zero-order valence-electron chi connectivity index (χ0n) is 20.1. The minimum absolute atomic E-state index is 0.0914. The van der Waals surface area contributed by atoms with Crippen LogP contribution >= 0.6 is 11.3 Å². The van der Waals surface area contributed by atoms with Crippen molar-refractivity contribution in [3.63, 3.8) is 0 Å². The minimum Gasteiger partial charge on any atom is -0.429 e. The highest BCUT2D eigenvalue weighted by atomic mass is 32.1. The Morgan fingerprint density at radius 3 is 2.08 bits per heavy atom. The normalized spacial score (nSPS) is 11.4. The molecule has 0 saturated heterocycles. The van der Waals surface area contributed by atoms with Gasteiger partial charge < -0.3 is 4.74 Å². The zero-order valence-corrected chi connectivity index (χ0v) is 20.9. The third-order valence-corrected chi connectivity index (χ3v) is 6.61. The van der Waals surface area contributed by atoms with Crippen LogP contribution in [-0.4, -0.2) is 4.98 Å². The molecule has 11 heteroatoms. The maximum atomic E-state index is 14.9. The first-order valence-electron chi connectivity index (χ1n) is 11.3. The summed E-state index contributed by atoms with van der Waals surface area (Å²) in [5.41, 5.74) is -0.557. The van der Waals surface area contributed by atoms with Crippen LogP contribution in [0.1, 0.15) is 21.7 Å². The molecule has 0 aliphatic rings. The molecule has 4 aromatic carbocycles. The van der Waals surface area contributed by atoms with E-state index in [-0.39, 0.29) is 23.3 Å². The van der Waals surface area contributed by atoms with Crippen molar-refractivity contribution in [3.8, 4) is 28.7 Å². The Balaban J connectivity index is 1.41. The molecule has 2 nitrogen and oxygen atoms in total. The van der Waals surface area contributed by atoms with E-state index in [2.05, 4.69) is 21.6 Å². The monoisotopic (exact) mass is 575 g/mol. The molecule has 5 aromatic rings. The summed E-state index contributed by atoms with van der Waals surface area (Å²) in [4.78, 5) is 4.39. The Labute approximate surface area is 225 Å². The van der Waals surface area contributed by atoms with Gasteiger partial charge in [0.2, 0.25) is 0 Å². The van der Waals surface area contributed by atoms with E-state index < -0.39 is 57.9 Å². The fraction of sp³-hybridized carbons (Fsp3) is 0.0690. The summed E-state index contributed by atoms with van der Waals surface area (Å²) in [6.07, 6.45) is -4.76. The second-order valence-corrected chi connectivity index (χ2v) is 9.60. The van der Waals surface area contributed by atoms with Gasteiger partial charge in [-0.2, -0.15) is 8.78 Å². The van der Waals surface area contributed by atoms with Gasteiger partial charge in [0.25, 0.3) is 0 Å². The number of ether oxygens (including phenoxy) is 1. The van der Waals surface area contributed by atoms with E-state index in [0.29, 0.717) is 17.1 Å². The SMILES string of the molecule is Cc1ccc2nc(C#Cc3ccc(-c4cc(F)c(C(F)(F)Oc5cc(F)c(F)c(F)c5)c(F)c4)c(F)c3)sc2c1. The van der Waals surface area contributed by atoms with Gasteiger partial charge in [0, 0.05) is 23.3 Å². The fourth-order valence-electron chi connectivity index (χ4n) is 3.83. The molecule has 1 aromatic heterocycles. The molecular formula is C29H13F8NOS. The second-order valence-electron chi connectivity index (χ2n) is 8.57. The molecule has 0 unspecified atom stereocenters. The van der Waals surface area contributed by atoms with Gasteiger partial charge in [0.15, 0.2) is 22.5 Å². The number of thiazole rings is 1. The first kappa shape index (κ1) is 27.1. The van der Waals surface area contributed by atoms with Crippen molar-refractivity contribution in [1.82, 2.24) is 4.98 Å². The summed E-state index contributed by atoms with van der Waals surface area (Å²) in [6, 6.07) is 10.4. The van der Waals surface area contributed by atoms with Gasteiger partial charge >= 0.3 is 6.11 Å². The molecule has 0 saturated carbocycles. The Kier molecular flexibility index (Phi) is 6.98. The van der Waals surface area contributed by atoms with Gasteiger partial charge in [-0.25, -0.2) is 31.3 Å². The number of nitrogens with zero attached hydrogens (tertiary/aromatic N) is 1. The molecule has 0 fully saturated rings. The van der Waals surface area contributed by atoms with E-state index in [9.17, 15) is 35.1 Å². The Hall–Kier alpha value is -4.43. The molecule has 0 spiro atoms. The van der Waals surface area contributed by atoms with Crippen molar-refractivity contribution in [2.75, 3.05) is 0 Å². The highest BCUT2D eigenvalue weighted by Gasteiger charge is 2.41. The fourth-order valence-corrected chi connectivity index (χ4v) is 4.75. The molecular weight excluding hydrogens is 562 g/mol. The van der Waals surface area contributed by atoms with E-state index in [1.165, 1.54) is 23.5 Å². The van der Waals surface area contributed by atoms with E-state index in [1.807, 2.05) is 25.1 Å². The van der Waals surface area contributed by atoms with Gasteiger partial charge in [-0.05, 0) is 60.4 Å². The number of halogens is 8. The van der Waals surface area contributed by atoms with Crippen LogP contribution in [0, 0.1) is 53.7 Å². The lowest BCUT2D eigenvalue weighted by Gasteiger charge is -2.20. The molecule has 0 atom stereocenters. The number of benzene rings is 4. The van der Waals surface area contributed by atoms with Crippen LogP contribution in [0.2, 0.25) is 0 Å². The largest absolute Gasteiger partial charge is 0.432 e. The van der Waals surface area contributed by atoms with Crippen LogP contribution in [0.25, 0.3) is 21.3 Å². The standard InChI is InChI=1S/C29H13F8NOS/c1-14-2-6-24-25(8-14)40-26(38-24)7-4-15-3-5-18(19(30)9-15)16-10-20(31)27(21(32)11-16)29(36,37)39-17-12-22(33)28(35)23(34)13-17/h2-3,5-6,8-13H,1H3. The molecule has 0 amide bonds. The van der Waals surface area contributed by atoms with Gasteiger partial charge in [0.05, 0.1) is 10.2 Å². The Bertz CT molecular complexity index is 1810. The predicted molar refractivity (Wildman–Crippen MR) is 133 cm³/mol. The summed E-state index contributed by atoms with van der Waals surface area (Å²) in [5, 5.41) is 0.499. The van der Waals surface area contributed by atoms with Crippen LogP contribution < -0.4 is 4.74 Å². The molecule has 0 radical (unpaired) electrons. The number of fused-ring (bicyclic) bond motifs is 1. The first-order valence-corrected chi connectivity index (χ1v) is 12.1. The summed E-state index contributed by atoms with van der Waals surface area (Å²) in [7, 11) is 0. The summed E-state index contributed by atoms with van der Waals surface area (Å²) in [5.74, 6) is -5.83. The maximum absolute atomic E-state index is 14.9. The van der Waals surface area contributed by atoms with E-state index in [1.54, 1.807) is 0 Å². The Morgan fingerprint density at radius 1 is 0.750 bits per heavy atom. The van der Waals surface area contributed by atoms with E-state index >= 15 is 0 Å². The van der Waals surface area contributed by atoms with Gasteiger partial charge in [0.1, 0.15) is 28.8 Å². The average Bonchev–Trinajstić information content (AvgIpc) is 3.27. The second kappa shape index (κ2) is 10.3. The molecule has 202 valence electrons. The number of hydrogen-bond acceptors (Lipinski definition) is 3. The summed E-state index contributed by atoms with van der Waals surface area (Å²) >= 11 is 1.36. The third kappa shape index (κ3) is 5.35. The molecule has 0 aliphatic carbocycles. The lowest BCUT2D eigenvalue weighted by molar-refractivity contribution is -0.189. The Morgan fingerprint density at radius 2 is 1.43 bits per heavy atom. The molecule has 0 bridgehead atoms. The van der Waals surface area contributed by atoms with E-state index in [0.717, 1.165) is 21.8 Å². The number of aromatic nitrogens is 1. The van der Waals surface area contributed by atoms with Crippen LogP contribution in [-0.2, 0) is 6.11 Å². The quantitative estimate of drug-likeness (QED) is 0.122. The van der Waals surface area contributed by atoms with Crippen molar-refractivity contribution in [2.45, 2.75) is 13.0 Å². The molecule has 0 aliphatic heterocycles. The van der Waals surface area contributed by atoms with Crippen LogP contribution in [0.15, 0.2) is 60.7 Å². The smallest absolute Gasteiger partial charge is 0.429 e. The molecule has 1 heterocycles. The van der Waals surface area contributed by atoms with Crippen molar-refractivity contribution in [2.24, 2.45) is 0 Å². The van der Waals surface area contributed by atoms with Crippen molar-refractivity contribution in [3.05, 3.63) is 117 Å². The molecule has 40 heavy (non-hydrogen) atoms. The van der Waals surface area contributed by atoms with Crippen molar-refractivity contribution >= 4 is 21.6 Å². The minimum atomic E-state index is -4.76. The van der Waals surface area contributed by atoms with Gasteiger partial charge in [-0.1, -0.05) is 18.1 Å². The van der Waals surface area contributed by atoms with Crippen LogP contribution in [0.4, 0.5) is 35.1 Å². The predicted octanol–water partition coefficient (Wildman–Crippen LogP) is 8.63. The van der Waals surface area contributed by atoms with Crippen molar-refractivity contribution < 1.29 is 39.9 Å². The molecule has 0 N–H and O–H groups in total. The van der Waals surface area contributed by atoms with Crippen LogP contribution in [0.3, 0.4) is 0 Å². The maximum Gasteiger partial charge on any atom is 0.432 e. The van der Waals surface area contributed by atoms with Crippen LogP contribution in [0.5, 0.6) is 5.75 Å². The number of hydrogen-bond donors (Lipinski definition) is 0.